The number of carbonyl (C=O) groups is 3. The van der Waals surface area contributed by atoms with Crippen LogP contribution in [0, 0.1) is 0 Å². The highest BCUT2D eigenvalue weighted by molar-refractivity contribution is 5.96. The fraction of sp³-hybridized carbons (Fsp3) is 0.286. The van der Waals surface area contributed by atoms with Crippen molar-refractivity contribution in [1.29, 1.82) is 0 Å². The van der Waals surface area contributed by atoms with E-state index in [0.717, 1.165) is 0 Å². The Kier molecular flexibility index (Phi) is 6.26. The Morgan fingerprint density at radius 2 is 1.54 bits per heavy atom. The Morgan fingerprint density at radius 3 is 2.29 bits per heavy atom. The average Bonchev–Trinajstić information content (AvgIpc) is 2.98. The highest BCUT2D eigenvalue weighted by Gasteiger charge is 2.23. The molecule has 1 aliphatic heterocycles. The molecule has 1 heterocycles. The maximum atomic E-state index is 12.6. The number of nitrogens with zero attached hydrogens (tertiary/aromatic N) is 2. The normalized spacial score (nSPS) is 14.3. The Morgan fingerprint density at radius 1 is 0.857 bits per heavy atom. The molecule has 3 amide bonds. The second-order valence-corrected chi connectivity index (χ2v) is 6.63. The SMILES string of the molecule is O=C(NCC(=O)N1CCCN(C(=O)c2cccc(O)c2)CC1)c1ccccc1. The number of aromatic hydroxyl groups is 1. The monoisotopic (exact) mass is 381 g/mol. The molecule has 1 saturated heterocycles. The minimum absolute atomic E-state index is 0.0478. The van der Waals surface area contributed by atoms with Crippen molar-refractivity contribution in [2.24, 2.45) is 0 Å². The topological polar surface area (TPSA) is 90.0 Å². The molecule has 0 bridgehead atoms. The maximum Gasteiger partial charge on any atom is 0.254 e. The molecule has 0 unspecified atom stereocenters. The van der Waals surface area contributed by atoms with Gasteiger partial charge in [0.2, 0.25) is 5.91 Å². The number of amides is 3. The summed E-state index contributed by atoms with van der Waals surface area (Å²) in [6.45, 7) is 1.81. The first-order valence-electron chi connectivity index (χ1n) is 9.24. The van der Waals surface area contributed by atoms with Crippen LogP contribution in [0.2, 0.25) is 0 Å². The molecule has 7 heteroatoms. The van der Waals surface area contributed by atoms with Crippen molar-refractivity contribution >= 4 is 17.7 Å². The molecular weight excluding hydrogens is 358 g/mol. The van der Waals surface area contributed by atoms with Gasteiger partial charge in [-0.15, -0.1) is 0 Å². The largest absolute Gasteiger partial charge is 0.508 e. The molecule has 0 atom stereocenters. The maximum absolute atomic E-state index is 12.6. The van der Waals surface area contributed by atoms with Crippen LogP contribution in [0.5, 0.6) is 5.75 Å². The third-order valence-corrected chi connectivity index (χ3v) is 4.67. The standard InChI is InChI=1S/C21H23N3O4/c25-18-9-4-8-17(14-18)21(28)24-11-5-10-23(12-13-24)19(26)15-22-20(27)16-6-2-1-3-7-16/h1-4,6-9,14,25H,5,10-13,15H2,(H,22,27). The Bertz CT molecular complexity index is 854. The molecule has 28 heavy (non-hydrogen) atoms. The molecule has 2 aromatic carbocycles. The van der Waals surface area contributed by atoms with Gasteiger partial charge in [-0.2, -0.15) is 0 Å². The van der Waals surface area contributed by atoms with Crippen LogP contribution in [0.25, 0.3) is 0 Å². The number of carbonyl (C=O) groups excluding carboxylic acids is 3. The molecule has 7 nitrogen and oxygen atoms in total. The van der Waals surface area contributed by atoms with E-state index in [0.29, 0.717) is 43.7 Å². The quantitative estimate of drug-likeness (QED) is 0.840. The van der Waals surface area contributed by atoms with E-state index in [1.807, 2.05) is 6.07 Å². The summed E-state index contributed by atoms with van der Waals surface area (Å²) in [5, 5.41) is 12.2. The van der Waals surface area contributed by atoms with Gasteiger partial charge in [-0.05, 0) is 36.8 Å². The van der Waals surface area contributed by atoms with E-state index in [1.165, 1.54) is 12.1 Å². The first kappa shape index (κ1) is 19.4. The van der Waals surface area contributed by atoms with Gasteiger partial charge >= 0.3 is 0 Å². The van der Waals surface area contributed by atoms with Gasteiger partial charge in [0, 0.05) is 37.3 Å². The summed E-state index contributed by atoms with van der Waals surface area (Å²) >= 11 is 0. The lowest BCUT2D eigenvalue weighted by molar-refractivity contribution is -0.129. The van der Waals surface area contributed by atoms with E-state index in [4.69, 9.17) is 0 Å². The number of nitrogens with one attached hydrogen (secondary N) is 1. The zero-order valence-electron chi connectivity index (χ0n) is 15.5. The molecule has 0 aromatic heterocycles. The lowest BCUT2D eigenvalue weighted by Crippen LogP contribution is -2.42. The van der Waals surface area contributed by atoms with Gasteiger partial charge < -0.3 is 20.2 Å². The van der Waals surface area contributed by atoms with Gasteiger partial charge in [0.25, 0.3) is 11.8 Å². The Balaban J connectivity index is 1.52. The number of hydrogen-bond donors (Lipinski definition) is 2. The second-order valence-electron chi connectivity index (χ2n) is 6.63. The van der Waals surface area contributed by atoms with E-state index in [2.05, 4.69) is 5.32 Å². The molecule has 1 aliphatic rings. The summed E-state index contributed by atoms with van der Waals surface area (Å²) < 4.78 is 0. The fourth-order valence-electron chi connectivity index (χ4n) is 3.15. The predicted octanol–water partition coefficient (Wildman–Crippen LogP) is 1.50. The van der Waals surface area contributed by atoms with Crippen LogP contribution in [0.15, 0.2) is 54.6 Å². The summed E-state index contributed by atoms with van der Waals surface area (Å²) in [6.07, 6.45) is 0.656. The Labute approximate surface area is 163 Å². The van der Waals surface area contributed by atoms with E-state index in [1.54, 1.807) is 46.2 Å². The third-order valence-electron chi connectivity index (χ3n) is 4.67. The molecule has 0 radical (unpaired) electrons. The molecule has 0 spiro atoms. The lowest BCUT2D eigenvalue weighted by Gasteiger charge is -2.22. The van der Waals surface area contributed by atoms with Crippen molar-refractivity contribution in [3.63, 3.8) is 0 Å². The summed E-state index contributed by atoms with van der Waals surface area (Å²) in [5.41, 5.74) is 0.934. The predicted molar refractivity (Wildman–Crippen MR) is 104 cm³/mol. The molecular formula is C21H23N3O4. The van der Waals surface area contributed by atoms with Crippen molar-refractivity contribution in [2.75, 3.05) is 32.7 Å². The van der Waals surface area contributed by atoms with Crippen molar-refractivity contribution in [2.45, 2.75) is 6.42 Å². The van der Waals surface area contributed by atoms with Crippen LogP contribution in [-0.2, 0) is 4.79 Å². The molecule has 2 aromatic rings. The van der Waals surface area contributed by atoms with E-state index < -0.39 is 0 Å². The fourth-order valence-corrected chi connectivity index (χ4v) is 3.15. The van der Waals surface area contributed by atoms with Gasteiger partial charge in [-0.25, -0.2) is 0 Å². The minimum Gasteiger partial charge on any atom is -0.508 e. The van der Waals surface area contributed by atoms with E-state index in [9.17, 15) is 19.5 Å². The van der Waals surface area contributed by atoms with Crippen molar-refractivity contribution in [1.82, 2.24) is 15.1 Å². The van der Waals surface area contributed by atoms with Crippen LogP contribution in [-0.4, -0.2) is 65.4 Å². The van der Waals surface area contributed by atoms with Crippen LogP contribution in [0.1, 0.15) is 27.1 Å². The summed E-state index contributed by atoms with van der Waals surface area (Å²) in [7, 11) is 0. The Hall–Kier alpha value is -3.35. The minimum atomic E-state index is -0.288. The van der Waals surface area contributed by atoms with Gasteiger partial charge in [-0.1, -0.05) is 24.3 Å². The van der Waals surface area contributed by atoms with Crippen LogP contribution < -0.4 is 5.32 Å². The van der Waals surface area contributed by atoms with Crippen molar-refractivity contribution in [3.05, 3.63) is 65.7 Å². The van der Waals surface area contributed by atoms with Crippen LogP contribution >= 0.6 is 0 Å². The molecule has 0 aliphatic carbocycles. The number of hydrogen-bond acceptors (Lipinski definition) is 4. The first-order chi connectivity index (χ1) is 13.5. The third kappa shape index (κ3) is 4.88. The number of phenolic OH excluding ortho intramolecular Hbond substituents is 1. The second kappa shape index (κ2) is 9.03. The molecule has 1 fully saturated rings. The highest BCUT2D eigenvalue weighted by Crippen LogP contribution is 2.14. The van der Waals surface area contributed by atoms with Gasteiger partial charge in [0.1, 0.15) is 5.75 Å². The van der Waals surface area contributed by atoms with Crippen LogP contribution in [0.3, 0.4) is 0 Å². The first-order valence-corrected chi connectivity index (χ1v) is 9.24. The van der Waals surface area contributed by atoms with Gasteiger partial charge in [0.15, 0.2) is 0 Å². The molecule has 3 rings (SSSR count). The van der Waals surface area contributed by atoms with Crippen molar-refractivity contribution < 1.29 is 19.5 Å². The zero-order valence-corrected chi connectivity index (χ0v) is 15.5. The highest BCUT2D eigenvalue weighted by atomic mass is 16.3. The molecule has 2 N–H and O–H groups in total. The zero-order chi connectivity index (χ0) is 19.9. The summed E-state index contributed by atoms with van der Waals surface area (Å²) in [5.74, 6) is -0.574. The molecule has 0 saturated carbocycles. The van der Waals surface area contributed by atoms with E-state index >= 15 is 0 Å². The summed E-state index contributed by atoms with van der Waals surface area (Å²) in [6, 6.07) is 15.0. The van der Waals surface area contributed by atoms with Crippen molar-refractivity contribution in [3.8, 4) is 5.75 Å². The molecule has 146 valence electrons. The van der Waals surface area contributed by atoms with Gasteiger partial charge in [0.05, 0.1) is 6.54 Å². The van der Waals surface area contributed by atoms with Crippen LogP contribution in [0.4, 0.5) is 0 Å². The number of rotatable bonds is 4. The lowest BCUT2D eigenvalue weighted by atomic mass is 10.2. The van der Waals surface area contributed by atoms with Gasteiger partial charge in [-0.3, -0.25) is 14.4 Å². The van der Waals surface area contributed by atoms with E-state index in [-0.39, 0.29) is 30.0 Å². The number of phenols is 1. The summed E-state index contributed by atoms with van der Waals surface area (Å²) in [4.78, 5) is 40.5. The average molecular weight is 381 g/mol. The number of benzene rings is 2. The smallest absolute Gasteiger partial charge is 0.254 e.